The monoisotopic (exact) mass is 214 g/mol. The van der Waals surface area contributed by atoms with E-state index in [1.165, 1.54) is 0 Å². The second kappa shape index (κ2) is 4.40. The molecular weight excluding hydrogens is 188 g/mol. The zero-order chi connectivity index (χ0) is 11.7. The van der Waals surface area contributed by atoms with Crippen LogP contribution in [0.15, 0.2) is 0 Å². The van der Waals surface area contributed by atoms with Gasteiger partial charge in [-0.15, -0.1) is 0 Å². The molecular formula is C12H26N2O. The molecule has 15 heavy (non-hydrogen) atoms. The highest BCUT2D eigenvalue weighted by Gasteiger charge is 2.44. The van der Waals surface area contributed by atoms with Crippen molar-refractivity contribution in [1.82, 2.24) is 10.4 Å². The van der Waals surface area contributed by atoms with Crippen LogP contribution in [0.5, 0.6) is 0 Å². The van der Waals surface area contributed by atoms with Crippen molar-refractivity contribution < 1.29 is 5.21 Å². The van der Waals surface area contributed by atoms with E-state index in [0.717, 1.165) is 25.9 Å². The van der Waals surface area contributed by atoms with E-state index in [0.29, 0.717) is 5.92 Å². The summed E-state index contributed by atoms with van der Waals surface area (Å²) in [6, 6.07) is 0. The quantitative estimate of drug-likeness (QED) is 0.756. The number of hydroxylamine groups is 2. The molecule has 1 heterocycles. The number of hydrogen-bond donors (Lipinski definition) is 2. The van der Waals surface area contributed by atoms with Gasteiger partial charge in [0.1, 0.15) is 0 Å². The van der Waals surface area contributed by atoms with Crippen LogP contribution in [-0.4, -0.2) is 34.4 Å². The lowest BCUT2D eigenvalue weighted by atomic mass is 9.75. The second-order valence-corrected chi connectivity index (χ2v) is 6.02. The first-order valence-electron chi connectivity index (χ1n) is 5.99. The lowest BCUT2D eigenvalue weighted by Crippen LogP contribution is -2.59. The van der Waals surface area contributed by atoms with E-state index in [1.54, 1.807) is 5.06 Å². The molecule has 0 atom stereocenters. The number of piperidine rings is 1. The summed E-state index contributed by atoms with van der Waals surface area (Å²) in [6.07, 6.45) is 2.11. The molecule has 0 unspecified atom stereocenters. The van der Waals surface area contributed by atoms with Crippen LogP contribution in [-0.2, 0) is 0 Å². The molecule has 2 N–H and O–H groups in total. The molecule has 0 bridgehead atoms. The Labute approximate surface area is 93.8 Å². The largest absolute Gasteiger partial charge is 0.317 e. The normalized spacial score (nSPS) is 26.8. The van der Waals surface area contributed by atoms with Crippen molar-refractivity contribution in [3.05, 3.63) is 0 Å². The predicted octanol–water partition coefficient (Wildman–Crippen LogP) is 2.25. The van der Waals surface area contributed by atoms with Gasteiger partial charge in [0.2, 0.25) is 0 Å². The van der Waals surface area contributed by atoms with E-state index in [2.05, 4.69) is 39.9 Å². The molecule has 1 rings (SSSR count). The van der Waals surface area contributed by atoms with E-state index in [-0.39, 0.29) is 11.1 Å². The number of rotatable bonds is 3. The number of nitrogens with zero attached hydrogens (tertiary/aromatic N) is 1. The van der Waals surface area contributed by atoms with Crippen LogP contribution in [0.4, 0.5) is 0 Å². The van der Waals surface area contributed by atoms with Crippen LogP contribution in [0.2, 0.25) is 0 Å². The van der Waals surface area contributed by atoms with Crippen molar-refractivity contribution in [2.45, 2.75) is 58.5 Å². The molecule has 0 aromatic rings. The highest BCUT2D eigenvalue weighted by molar-refractivity contribution is 4.96. The summed E-state index contributed by atoms with van der Waals surface area (Å²) in [5.74, 6) is 0.665. The lowest BCUT2D eigenvalue weighted by Gasteiger charge is -2.51. The predicted molar refractivity (Wildman–Crippen MR) is 63.1 cm³/mol. The van der Waals surface area contributed by atoms with Gasteiger partial charge in [0, 0.05) is 11.1 Å². The van der Waals surface area contributed by atoms with Gasteiger partial charge in [0.05, 0.1) is 0 Å². The third-order valence-electron chi connectivity index (χ3n) is 3.41. The van der Waals surface area contributed by atoms with E-state index < -0.39 is 0 Å². The maximum atomic E-state index is 10.1. The molecule has 3 heteroatoms. The van der Waals surface area contributed by atoms with Crippen molar-refractivity contribution in [3.8, 4) is 0 Å². The average Bonchev–Trinajstić information content (AvgIpc) is 2.10. The SMILES string of the molecule is CCNCC1CC(C)(C)N(O)C(C)(C)C1. The van der Waals surface area contributed by atoms with Gasteiger partial charge in [-0.2, -0.15) is 5.06 Å². The fourth-order valence-corrected chi connectivity index (χ4v) is 2.97. The summed E-state index contributed by atoms with van der Waals surface area (Å²) < 4.78 is 0. The van der Waals surface area contributed by atoms with Crippen molar-refractivity contribution in [3.63, 3.8) is 0 Å². The van der Waals surface area contributed by atoms with Gasteiger partial charge in [-0.05, 0) is 59.5 Å². The Balaban J connectivity index is 2.66. The van der Waals surface area contributed by atoms with Crippen molar-refractivity contribution in [1.29, 1.82) is 0 Å². The summed E-state index contributed by atoms with van der Waals surface area (Å²) in [7, 11) is 0. The van der Waals surface area contributed by atoms with Crippen molar-refractivity contribution in [2.75, 3.05) is 13.1 Å². The second-order valence-electron chi connectivity index (χ2n) is 6.02. The fourth-order valence-electron chi connectivity index (χ4n) is 2.97. The van der Waals surface area contributed by atoms with Gasteiger partial charge in [-0.3, -0.25) is 0 Å². The highest BCUT2D eigenvalue weighted by Crippen LogP contribution is 2.39. The van der Waals surface area contributed by atoms with Crippen LogP contribution in [0.1, 0.15) is 47.5 Å². The smallest absolute Gasteiger partial charge is 0.0413 e. The van der Waals surface area contributed by atoms with Crippen LogP contribution in [0.3, 0.4) is 0 Å². The number of hydrogen-bond acceptors (Lipinski definition) is 3. The molecule has 3 nitrogen and oxygen atoms in total. The summed E-state index contributed by atoms with van der Waals surface area (Å²) in [5, 5.41) is 15.1. The zero-order valence-corrected chi connectivity index (χ0v) is 10.8. The first-order chi connectivity index (χ1) is 6.79. The average molecular weight is 214 g/mol. The summed E-state index contributed by atoms with van der Waals surface area (Å²) in [4.78, 5) is 0. The van der Waals surface area contributed by atoms with Gasteiger partial charge in [-0.25, -0.2) is 0 Å². The van der Waals surface area contributed by atoms with Gasteiger partial charge in [0.15, 0.2) is 0 Å². The van der Waals surface area contributed by atoms with E-state index in [1.807, 2.05) is 0 Å². The maximum Gasteiger partial charge on any atom is 0.0413 e. The van der Waals surface area contributed by atoms with Gasteiger partial charge in [0.25, 0.3) is 0 Å². The molecule has 0 spiro atoms. The van der Waals surface area contributed by atoms with Crippen molar-refractivity contribution >= 4 is 0 Å². The first kappa shape index (κ1) is 12.9. The van der Waals surface area contributed by atoms with E-state index >= 15 is 0 Å². The Morgan fingerprint density at radius 1 is 1.20 bits per heavy atom. The molecule has 0 saturated carbocycles. The fraction of sp³-hybridized carbons (Fsp3) is 1.00. The Bertz CT molecular complexity index is 196. The molecule has 90 valence electrons. The molecule has 1 aliphatic rings. The number of nitrogens with one attached hydrogen (secondary N) is 1. The molecule has 1 aliphatic heterocycles. The third-order valence-corrected chi connectivity index (χ3v) is 3.41. The first-order valence-corrected chi connectivity index (χ1v) is 5.99. The third kappa shape index (κ3) is 2.92. The molecule has 0 amide bonds. The van der Waals surface area contributed by atoms with Crippen LogP contribution < -0.4 is 5.32 Å². The highest BCUT2D eigenvalue weighted by atomic mass is 16.5. The van der Waals surface area contributed by atoms with Gasteiger partial charge in [-0.1, -0.05) is 6.92 Å². The molecule has 0 aromatic carbocycles. The molecule has 0 aromatic heterocycles. The van der Waals surface area contributed by atoms with Crippen molar-refractivity contribution in [2.24, 2.45) is 5.92 Å². The van der Waals surface area contributed by atoms with Gasteiger partial charge < -0.3 is 10.5 Å². The Hall–Kier alpha value is -0.120. The lowest BCUT2D eigenvalue weighted by molar-refractivity contribution is -0.250. The Kier molecular flexibility index (Phi) is 3.80. The Morgan fingerprint density at radius 2 is 1.67 bits per heavy atom. The minimum Gasteiger partial charge on any atom is -0.317 e. The molecule has 0 aliphatic carbocycles. The zero-order valence-electron chi connectivity index (χ0n) is 10.8. The summed E-state index contributed by atoms with van der Waals surface area (Å²) in [5.41, 5.74) is -0.219. The molecule has 1 saturated heterocycles. The summed E-state index contributed by atoms with van der Waals surface area (Å²) in [6.45, 7) is 12.7. The van der Waals surface area contributed by atoms with Crippen LogP contribution in [0, 0.1) is 5.92 Å². The van der Waals surface area contributed by atoms with E-state index in [9.17, 15) is 5.21 Å². The van der Waals surface area contributed by atoms with Crippen LogP contribution >= 0.6 is 0 Å². The van der Waals surface area contributed by atoms with E-state index in [4.69, 9.17) is 0 Å². The molecule has 1 fully saturated rings. The topological polar surface area (TPSA) is 35.5 Å². The summed E-state index contributed by atoms with van der Waals surface area (Å²) >= 11 is 0. The standard InChI is InChI=1S/C12H26N2O/c1-6-13-9-10-7-11(2,3)14(15)12(4,5)8-10/h10,13,15H,6-9H2,1-5H3. The van der Waals surface area contributed by atoms with Gasteiger partial charge >= 0.3 is 0 Å². The van der Waals surface area contributed by atoms with Crippen LogP contribution in [0.25, 0.3) is 0 Å². The molecule has 0 radical (unpaired) electrons. The Morgan fingerprint density at radius 3 is 2.07 bits per heavy atom. The minimum absolute atomic E-state index is 0.109. The maximum absolute atomic E-state index is 10.1. The minimum atomic E-state index is -0.109.